The Morgan fingerprint density at radius 3 is 2.52 bits per heavy atom. The molecule has 0 aliphatic rings. The molecule has 4 heteroatoms. The first-order valence-corrected chi connectivity index (χ1v) is 8.32. The molecule has 1 unspecified atom stereocenters. The van der Waals surface area contributed by atoms with Gasteiger partial charge < -0.3 is 10.5 Å². The van der Waals surface area contributed by atoms with Crippen molar-refractivity contribution in [2.45, 2.75) is 39.8 Å². The van der Waals surface area contributed by atoms with Crippen molar-refractivity contribution < 1.29 is 4.74 Å². The lowest BCUT2D eigenvalue weighted by molar-refractivity contribution is 0.0910. The Bertz CT molecular complexity index is 551. The van der Waals surface area contributed by atoms with Crippen LogP contribution in [0.1, 0.15) is 48.0 Å². The third-order valence-electron chi connectivity index (χ3n) is 3.24. The van der Waals surface area contributed by atoms with Crippen LogP contribution in [0.3, 0.4) is 0 Å². The van der Waals surface area contributed by atoms with Crippen LogP contribution >= 0.6 is 11.3 Å². The van der Waals surface area contributed by atoms with Crippen molar-refractivity contribution in [2.75, 3.05) is 6.61 Å². The minimum Gasteiger partial charge on any atom is -0.367 e. The van der Waals surface area contributed by atoms with Crippen molar-refractivity contribution in [1.82, 2.24) is 4.98 Å². The van der Waals surface area contributed by atoms with Crippen molar-refractivity contribution in [2.24, 2.45) is 11.7 Å². The maximum Gasteiger partial charge on any atom is 0.134 e. The Balaban J connectivity index is 2.34. The van der Waals surface area contributed by atoms with Gasteiger partial charge in [0, 0.05) is 18.0 Å². The average molecular weight is 304 g/mol. The van der Waals surface area contributed by atoms with E-state index in [1.165, 1.54) is 4.88 Å². The molecule has 2 aromatic rings. The summed E-state index contributed by atoms with van der Waals surface area (Å²) in [7, 11) is 0. The van der Waals surface area contributed by atoms with Crippen LogP contribution in [0.15, 0.2) is 30.3 Å². The molecule has 1 atom stereocenters. The fraction of sp³-hybridized carbons (Fsp3) is 0.471. The highest BCUT2D eigenvalue weighted by Gasteiger charge is 2.21. The van der Waals surface area contributed by atoms with Crippen molar-refractivity contribution in [3.8, 4) is 0 Å². The molecule has 2 N–H and O–H groups in total. The number of hydrogen-bond acceptors (Lipinski definition) is 4. The van der Waals surface area contributed by atoms with E-state index in [-0.39, 0.29) is 6.10 Å². The van der Waals surface area contributed by atoms with Crippen LogP contribution in [0.2, 0.25) is 0 Å². The van der Waals surface area contributed by atoms with E-state index >= 15 is 0 Å². The molecule has 0 aliphatic heterocycles. The predicted molar refractivity (Wildman–Crippen MR) is 88.5 cm³/mol. The molecule has 0 aliphatic carbocycles. The van der Waals surface area contributed by atoms with Crippen LogP contribution in [0.5, 0.6) is 0 Å². The number of aromatic nitrogens is 1. The van der Waals surface area contributed by atoms with E-state index in [0.29, 0.717) is 19.1 Å². The number of rotatable bonds is 7. The Labute approximate surface area is 131 Å². The summed E-state index contributed by atoms with van der Waals surface area (Å²) >= 11 is 1.68. The van der Waals surface area contributed by atoms with E-state index in [2.05, 4.69) is 26.0 Å². The third kappa shape index (κ3) is 4.13. The van der Waals surface area contributed by atoms with Crippen LogP contribution < -0.4 is 5.73 Å². The molecule has 0 amide bonds. The van der Waals surface area contributed by atoms with E-state index in [9.17, 15) is 0 Å². The molecule has 114 valence electrons. The molecule has 3 nitrogen and oxygen atoms in total. The van der Waals surface area contributed by atoms with Crippen LogP contribution in [-0.2, 0) is 17.7 Å². The SMILES string of the molecule is CCOC(c1ccccc1)c1nc(CC(C)C)c(CN)s1. The number of ether oxygens (including phenoxy) is 1. The topological polar surface area (TPSA) is 48.1 Å². The lowest BCUT2D eigenvalue weighted by Gasteiger charge is -2.14. The summed E-state index contributed by atoms with van der Waals surface area (Å²) in [5, 5.41) is 1.01. The summed E-state index contributed by atoms with van der Waals surface area (Å²) in [4.78, 5) is 6.01. The second-order valence-corrected chi connectivity index (χ2v) is 6.59. The summed E-state index contributed by atoms with van der Waals surface area (Å²) in [6, 6.07) is 10.3. The van der Waals surface area contributed by atoms with Crippen LogP contribution in [0.25, 0.3) is 0 Å². The van der Waals surface area contributed by atoms with Crippen molar-refractivity contribution in [3.63, 3.8) is 0 Å². The van der Waals surface area contributed by atoms with Gasteiger partial charge in [-0.15, -0.1) is 11.3 Å². The van der Waals surface area contributed by atoms with E-state index in [1.807, 2.05) is 25.1 Å². The molecule has 0 spiro atoms. The quantitative estimate of drug-likeness (QED) is 0.843. The van der Waals surface area contributed by atoms with Crippen LogP contribution in [-0.4, -0.2) is 11.6 Å². The minimum atomic E-state index is -0.0904. The maximum absolute atomic E-state index is 5.94. The number of thiazole rings is 1. The molecule has 0 fully saturated rings. The summed E-state index contributed by atoms with van der Waals surface area (Å²) < 4.78 is 5.94. The van der Waals surface area contributed by atoms with Crippen molar-refractivity contribution in [3.05, 3.63) is 51.5 Å². The monoisotopic (exact) mass is 304 g/mol. The van der Waals surface area contributed by atoms with Gasteiger partial charge >= 0.3 is 0 Å². The minimum absolute atomic E-state index is 0.0904. The lowest BCUT2D eigenvalue weighted by atomic mass is 10.1. The highest BCUT2D eigenvalue weighted by atomic mass is 32.1. The molecule has 0 radical (unpaired) electrons. The third-order valence-corrected chi connectivity index (χ3v) is 4.40. The van der Waals surface area contributed by atoms with Gasteiger partial charge in [0.2, 0.25) is 0 Å². The summed E-state index contributed by atoms with van der Waals surface area (Å²) in [6.07, 6.45) is 0.879. The molecule has 0 bridgehead atoms. The maximum atomic E-state index is 5.94. The van der Waals surface area contributed by atoms with Crippen LogP contribution in [0.4, 0.5) is 0 Å². The molecule has 1 aromatic carbocycles. The molecule has 21 heavy (non-hydrogen) atoms. The number of nitrogens with two attached hydrogens (primary N) is 1. The zero-order valence-electron chi connectivity index (χ0n) is 13.0. The highest BCUT2D eigenvalue weighted by Crippen LogP contribution is 2.32. The van der Waals surface area contributed by atoms with Crippen molar-refractivity contribution in [1.29, 1.82) is 0 Å². The van der Waals surface area contributed by atoms with E-state index in [1.54, 1.807) is 11.3 Å². The normalized spacial score (nSPS) is 12.8. The first kappa shape index (κ1) is 16.1. The van der Waals surface area contributed by atoms with E-state index in [4.69, 9.17) is 15.5 Å². The van der Waals surface area contributed by atoms with Gasteiger partial charge in [0.1, 0.15) is 11.1 Å². The first-order chi connectivity index (χ1) is 10.2. The molecular weight excluding hydrogens is 280 g/mol. The fourth-order valence-corrected chi connectivity index (χ4v) is 3.38. The second kappa shape index (κ2) is 7.69. The fourth-order valence-electron chi connectivity index (χ4n) is 2.33. The molecular formula is C17H24N2OS. The van der Waals surface area contributed by atoms with Crippen molar-refractivity contribution >= 4 is 11.3 Å². The Kier molecular flexibility index (Phi) is 5.91. The molecule has 0 saturated heterocycles. The first-order valence-electron chi connectivity index (χ1n) is 7.50. The average Bonchev–Trinajstić information content (AvgIpc) is 2.87. The van der Waals surface area contributed by atoms with Gasteiger partial charge in [0.25, 0.3) is 0 Å². The van der Waals surface area contributed by atoms with Gasteiger partial charge in [0.05, 0.1) is 5.69 Å². The van der Waals surface area contributed by atoms with Gasteiger partial charge in [-0.3, -0.25) is 0 Å². The van der Waals surface area contributed by atoms with Gasteiger partial charge in [0.15, 0.2) is 0 Å². The number of nitrogens with zero attached hydrogens (tertiary/aromatic N) is 1. The second-order valence-electron chi connectivity index (χ2n) is 5.47. The summed E-state index contributed by atoms with van der Waals surface area (Å²) in [5.74, 6) is 0.576. The Morgan fingerprint density at radius 2 is 1.95 bits per heavy atom. The number of hydrogen-bond donors (Lipinski definition) is 1. The van der Waals surface area contributed by atoms with Crippen LogP contribution in [0, 0.1) is 5.92 Å². The lowest BCUT2D eigenvalue weighted by Crippen LogP contribution is -2.06. The molecule has 0 saturated carbocycles. The van der Waals surface area contributed by atoms with E-state index in [0.717, 1.165) is 22.7 Å². The predicted octanol–water partition coefficient (Wildman–Crippen LogP) is 3.93. The zero-order chi connectivity index (χ0) is 15.2. The van der Waals surface area contributed by atoms with Gasteiger partial charge in [-0.1, -0.05) is 44.2 Å². The van der Waals surface area contributed by atoms with Gasteiger partial charge in [-0.2, -0.15) is 0 Å². The zero-order valence-corrected chi connectivity index (χ0v) is 13.8. The molecule has 2 rings (SSSR count). The number of benzene rings is 1. The summed E-state index contributed by atoms with van der Waals surface area (Å²) in [6.45, 7) is 7.64. The largest absolute Gasteiger partial charge is 0.367 e. The summed E-state index contributed by atoms with van der Waals surface area (Å²) in [5.41, 5.74) is 8.16. The Morgan fingerprint density at radius 1 is 1.24 bits per heavy atom. The highest BCUT2D eigenvalue weighted by molar-refractivity contribution is 7.11. The molecule has 1 heterocycles. The Hall–Kier alpha value is -1.23. The van der Waals surface area contributed by atoms with Gasteiger partial charge in [-0.25, -0.2) is 4.98 Å². The molecule has 1 aromatic heterocycles. The van der Waals surface area contributed by atoms with E-state index < -0.39 is 0 Å². The van der Waals surface area contributed by atoms with Gasteiger partial charge in [-0.05, 0) is 24.8 Å². The smallest absolute Gasteiger partial charge is 0.134 e. The standard InChI is InChI=1S/C17H24N2OS/c1-4-20-16(13-8-6-5-7-9-13)17-19-14(10-12(2)3)15(11-18)21-17/h5-9,12,16H,4,10-11,18H2,1-3H3.